The number of nitrogens with zero attached hydrogens (tertiary/aromatic N) is 2. The van der Waals surface area contributed by atoms with Crippen molar-refractivity contribution in [3.05, 3.63) is 24.3 Å². The fraction of sp³-hybridized carbons (Fsp3) is 0.731. The van der Waals surface area contributed by atoms with Gasteiger partial charge in [0.15, 0.2) is 0 Å². The van der Waals surface area contributed by atoms with Crippen LogP contribution < -0.4 is 0 Å². The van der Waals surface area contributed by atoms with E-state index < -0.39 is 41.1 Å². The SMILES string of the molecule is CCCC(C)N1CC=C[C@]23O[C@]4(CC)C=CCCOC(=O)[C@@H]4[C@H]2C(=O)N([C@@H](CC)CO)C3C1=O. The summed E-state index contributed by atoms with van der Waals surface area (Å²) < 4.78 is 12.4. The minimum atomic E-state index is -1.30. The first-order chi connectivity index (χ1) is 16.3. The molecule has 0 radical (unpaired) electrons. The van der Waals surface area contributed by atoms with Crippen molar-refractivity contribution in [3.8, 4) is 0 Å². The van der Waals surface area contributed by atoms with Gasteiger partial charge in [-0.2, -0.15) is 0 Å². The Hall–Kier alpha value is -2.19. The molecule has 2 saturated heterocycles. The fourth-order valence-electron chi connectivity index (χ4n) is 6.46. The van der Waals surface area contributed by atoms with E-state index in [9.17, 15) is 19.5 Å². The molecule has 1 spiro atoms. The molecule has 0 saturated carbocycles. The lowest BCUT2D eigenvalue weighted by Crippen LogP contribution is -2.59. The number of hydrogen-bond acceptors (Lipinski definition) is 6. The Labute approximate surface area is 201 Å². The standard InChI is InChI=1S/C26H38N2O6/c1-5-11-17(4)27-14-10-13-26-19(22(30)28(18(6-2)16-29)21(26)23(27)31)20-24(32)33-15-9-8-12-25(20,7-3)34-26/h8,10,12-13,17-21,29H,5-7,9,11,14-16H2,1-4H3/t17?,18-,19-,20-,21?,25+,26-/m0/s1. The highest BCUT2D eigenvalue weighted by Crippen LogP contribution is 2.58. The molecular weight excluding hydrogens is 436 g/mol. The first kappa shape index (κ1) is 24.9. The van der Waals surface area contributed by atoms with Gasteiger partial charge < -0.3 is 24.4 Å². The van der Waals surface area contributed by atoms with E-state index in [1.165, 1.54) is 4.90 Å². The quantitative estimate of drug-likeness (QED) is 0.449. The Balaban J connectivity index is 1.90. The van der Waals surface area contributed by atoms with Crippen LogP contribution in [0.5, 0.6) is 0 Å². The maximum atomic E-state index is 14.2. The third-order valence-corrected chi connectivity index (χ3v) is 8.19. The Kier molecular flexibility index (Phi) is 6.93. The highest BCUT2D eigenvalue weighted by atomic mass is 16.6. The van der Waals surface area contributed by atoms with Gasteiger partial charge in [-0.1, -0.05) is 51.5 Å². The van der Waals surface area contributed by atoms with Crippen LogP contribution in [0.4, 0.5) is 0 Å². The van der Waals surface area contributed by atoms with E-state index >= 15 is 0 Å². The smallest absolute Gasteiger partial charge is 0.313 e. The van der Waals surface area contributed by atoms with Gasteiger partial charge in [0.05, 0.1) is 25.2 Å². The van der Waals surface area contributed by atoms with Crippen LogP contribution in [0.15, 0.2) is 24.3 Å². The molecular formula is C26H38N2O6. The molecule has 0 aliphatic carbocycles. The summed E-state index contributed by atoms with van der Waals surface area (Å²) in [6.07, 6.45) is 10.9. The molecule has 4 heterocycles. The van der Waals surface area contributed by atoms with Crippen molar-refractivity contribution in [2.75, 3.05) is 19.8 Å². The molecule has 4 aliphatic rings. The molecule has 2 unspecified atom stereocenters. The van der Waals surface area contributed by atoms with Gasteiger partial charge in [-0.15, -0.1) is 0 Å². The van der Waals surface area contributed by atoms with Crippen LogP contribution >= 0.6 is 0 Å². The summed E-state index contributed by atoms with van der Waals surface area (Å²) in [5.41, 5.74) is -2.33. The van der Waals surface area contributed by atoms with Gasteiger partial charge >= 0.3 is 5.97 Å². The molecule has 34 heavy (non-hydrogen) atoms. The van der Waals surface area contributed by atoms with Crippen LogP contribution in [0.25, 0.3) is 0 Å². The summed E-state index contributed by atoms with van der Waals surface area (Å²) in [6, 6.07) is -1.50. The second-order valence-electron chi connectivity index (χ2n) is 10.0. The number of rotatable bonds is 7. The molecule has 7 atom stereocenters. The molecule has 0 aromatic carbocycles. The largest absolute Gasteiger partial charge is 0.465 e. The van der Waals surface area contributed by atoms with Gasteiger partial charge in [-0.05, 0) is 32.6 Å². The lowest BCUT2D eigenvalue weighted by Gasteiger charge is -2.41. The van der Waals surface area contributed by atoms with Crippen LogP contribution in [0.1, 0.15) is 59.8 Å². The highest BCUT2D eigenvalue weighted by molar-refractivity contribution is 5.99. The van der Waals surface area contributed by atoms with Crippen molar-refractivity contribution < 1.29 is 29.0 Å². The predicted molar refractivity (Wildman–Crippen MR) is 126 cm³/mol. The molecule has 2 fully saturated rings. The third-order valence-electron chi connectivity index (χ3n) is 8.19. The van der Waals surface area contributed by atoms with Crippen LogP contribution in [0.2, 0.25) is 0 Å². The van der Waals surface area contributed by atoms with Crippen molar-refractivity contribution in [1.29, 1.82) is 0 Å². The van der Waals surface area contributed by atoms with E-state index in [1.807, 2.05) is 50.0 Å². The zero-order valence-corrected chi connectivity index (χ0v) is 20.7. The number of aliphatic hydroxyl groups excluding tert-OH is 1. The minimum Gasteiger partial charge on any atom is -0.465 e. The lowest BCUT2D eigenvalue weighted by atomic mass is 9.73. The number of esters is 1. The average Bonchev–Trinajstić information content (AvgIpc) is 3.16. The number of hydrogen-bond donors (Lipinski definition) is 1. The number of carbonyl (C=O) groups excluding carboxylic acids is 3. The molecule has 8 heteroatoms. The number of cyclic esters (lactones) is 1. The van der Waals surface area contributed by atoms with Crippen LogP contribution in [0, 0.1) is 11.8 Å². The van der Waals surface area contributed by atoms with E-state index in [4.69, 9.17) is 9.47 Å². The van der Waals surface area contributed by atoms with E-state index in [0.29, 0.717) is 25.8 Å². The first-order valence-electron chi connectivity index (χ1n) is 12.8. The monoisotopic (exact) mass is 474 g/mol. The van der Waals surface area contributed by atoms with Crippen LogP contribution in [0.3, 0.4) is 0 Å². The lowest BCUT2D eigenvalue weighted by molar-refractivity contribution is -0.164. The molecule has 8 nitrogen and oxygen atoms in total. The van der Waals surface area contributed by atoms with Gasteiger partial charge in [0.25, 0.3) is 0 Å². The second-order valence-corrected chi connectivity index (χ2v) is 10.0. The normalized spacial score (nSPS) is 36.9. The van der Waals surface area contributed by atoms with Crippen LogP contribution in [-0.2, 0) is 23.9 Å². The van der Waals surface area contributed by atoms with Gasteiger partial charge in [0.1, 0.15) is 23.2 Å². The minimum absolute atomic E-state index is 0.0115. The number of carbonyl (C=O) groups is 3. The third kappa shape index (κ3) is 3.52. The molecule has 0 aromatic rings. The summed E-state index contributed by atoms with van der Waals surface area (Å²) in [4.78, 5) is 45.0. The van der Waals surface area contributed by atoms with E-state index in [-0.39, 0.29) is 31.1 Å². The predicted octanol–water partition coefficient (Wildman–Crippen LogP) is 2.21. The summed E-state index contributed by atoms with van der Waals surface area (Å²) >= 11 is 0. The summed E-state index contributed by atoms with van der Waals surface area (Å²) in [5, 5.41) is 10.2. The maximum Gasteiger partial charge on any atom is 0.313 e. The number of likely N-dealkylation sites (tertiary alicyclic amines) is 1. The van der Waals surface area contributed by atoms with Crippen molar-refractivity contribution in [1.82, 2.24) is 9.80 Å². The number of amides is 2. The first-order valence-corrected chi connectivity index (χ1v) is 12.8. The zero-order valence-electron chi connectivity index (χ0n) is 20.7. The molecule has 1 N–H and O–H groups in total. The molecule has 4 aliphatic heterocycles. The van der Waals surface area contributed by atoms with Crippen molar-refractivity contribution >= 4 is 17.8 Å². The van der Waals surface area contributed by atoms with Gasteiger partial charge in [-0.3, -0.25) is 14.4 Å². The summed E-state index contributed by atoms with van der Waals surface area (Å²) in [7, 11) is 0. The van der Waals surface area contributed by atoms with E-state index in [2.05, 4.69) is 6.92 Å². The van der Waals surface area contributed by atoms with Crippen LogP contribution in [-0.4, -0.2) is 81.8 Å². The molecule has 0 bridgehead atoms. The molecule has 2 amide bonds. The Morgan fingerprint density at radius 3 is 2.53 bits per heavy atom. The molecule has 4 rings (SSSR count). The Morgan fingerprint density at radius 1 is 1.12 bits per heavy atom. The van der Waals surface area contributed by atoms with Crippen molar-refractivity contribution in [2.45, 2.75) is 89.1 Å². The van der Waals surface area contributed by atoms with E-state index in [0.717, 1.165) is 12.8 Å². The summed E-state index contributed by atoms with van der Waals surface area (Å²) in [5.74, 6) is -2.72. The van der Waals surface area contributed by atoms with E-state index in [1.54, 1.807) is 0 Å². The Bertz CT molecular complexity index is 883. The zero-order chi connectivity index (χ0) is 24.7. The number of aliphatic hydroxyl groups is 1. The average molecular weight is 475 g/mol. The topological polar surface area (TPSA) is 96.4 Å². The fourth-order valence-corrected chi connectivity index (χ4v) is 6.46. The van der Waals surface area contributed by atoms with Gasteiger partial charge in [-0.25, -0.2) is 0 Å². The number of fused-ring (bicyclic) bond motifs is 2. The van der Waals surface area contributed by atoms with Gasteiger partial charge in [0, 0.05) is 12.6 Å². The number of ether oxygens (including phenoxy) is 2. The molecule has 188 valence electrons. The van der Waals surface area contributed by atoms with Crippen molar-refractivity contribution in [3.63, 3.8) is 0 Å². The second kappa shape index (κ2) is 9.46. The van der Waals surface area contributed by atoms with Gasteiger partial charge in [0.2, 0.25) is 11.8 Å². The maximum absolute atomic E-state index is 14.2. The molecule has 0 aromatic heterocycles. The summed E-state index contributed by atoms with van der Waals surface area (Å²) in [6.45, 7) is 8.31. The van der Waals surface area contributed by atoms with Crippen molar-refractivity contribution in [2.24, 2.45) is 11.8 Å². The highest BCUT2D eigenvalue weighted by Gasteiger charge is 2.75. The Morgan fingerprint density at radius 2 is 1.88 bits per heavy atom.